The molecule has 0 atom stereocenters. The summed E-state index contributed by atoms with van der Waals surface area (Å²) in [5, 5.41) is 10.7. The molecule has 1 aromatic heterocycles. The Balaban J connectivity index is 1.39. The van der Waals surface area contributed by atoms with Gasteiger partial charge in [-0.05, 0) is 45.6 Å². The molecule has 2 N–H and O–H groups in total. The first-order chi connectivity index (χ1) is 13.5. The summed E-state index contributed by atoms with van der Waals surface area (Å²) in [7, 11) is 1.94. The van der Waals surface area contributed by atoms with Gasteiger partial charge in [-0.25, -0.2) is 0 Å². The van der Waals surface area contributed by atoms with Gasteiger partial charge in [0, 0.05) is 43.0 Å². The third kappa shape index (κ3) is 3.65. The van der Waals surface area contributed by atoms with E-state index in [-0.39, 0.29) is 17.6 Å². The summed E-state index contributed by atoms with van der Waals surface area (Å²) in [6.45, 7) is 5.63. The van der Waals surface area contributed by atoms with Crippen LogP contribution in [0.5, 0.6) is 5.75 Å². The van der Waals surface area contributed by atoms with Gasteiger partial charge in [-0.3, -0.25) is 9.89 Å². The highest BCUT2D eigenvalue weighted by Crippen LogP contribution is 2.37. The minimum absolute atomic E-state index is 0.162. The lowest BCUT2D eigenvalue weighted by Crippen LogP contribution is -2.51. The Bertz CT molecular complexity index is 832. The van der Waals surface area contributed by atoms with E-state index in [0.717, 1.165) is 61.5 Å². The van der Waals surface area contributed by atoms with Crippen LogP contribution in [-0.4, -0.2) is 46.2 Å². The van der Waals surface area contributed by atoms with Gasteiger partial charge in [0.2, 0.25) is 5.91 Å². The maximum atomic E-state index is 12.8. The standard InChI is InChI=1S/C22H30N4O2/c1-15-19(16(2)25-24-15)12-21(27)26(3)18-8-10-22(11-9-18)14-23-13-17-6-4-5-7-20(17)28-22/h4-7,18,23H,8-14H2,1-3H3,(H,24,25). The van der Waals surface area contributed by atoms with Crippen molar-refractivity contribution in [2.45, 2.75) is 64.1 Å². The molecule has 2 heterocycles. The van der Waals surface area contributed by atoms with E-state index in [1.807, 2.05) is 31.9 Å². The van der Waals surface area contributed by atoms with Crippen molar-refractivity contribution in [2.24, 2.45) is 0 Å². The molecule has 1 saturated carbocycles. The number of carbonyl (C=O) groups is 1. The molecule has 2 aromatic rings. The topological polar surface area (TPSA) is 70.2 Å². The lowest BCUT2D eigenvalue weighted by Gasteiger charge is -2.42. The normalized spacial score (nSPS) is 24.3. The van der Waals surface area contributed by atoms with E-state index in [4.69, 9.17) is 4.74 Å². The molecule has 1 fully saturated rings. The SMILES string of the molecule is Cc1n[nH]c(C)c1CC(=O)N(C)C1CCC2(CC1)CNCc1ccccc1O2. The number of hydrogen-bond acceptors (Lipinski definition) is 4. The van der Waals surface area contributed by atoms with Crippen molar-refractivity contribution in [3.63, 3.8) is 0 Å². The minimum atomic E-state index is -0.162. The van der Waals surface area contributed by atoms with E-state index >= 15 is 0 Å². The highest BCUT2D eigenvalue weighted by molar-refractivity contribution is 5.79. The summed E-state index contributed by atoms with van der Waals surface area (Å²) < 4.78 is 6.51. The molecule has 2 aliphatic rings. The predicted molar refractivity (Wildman–Crippen MR) is 108 cm³/mol. The van der Waals surface area contributed by atoms with Crippen molar-refractivity contribution in [1.29, 1.82) is 0 Å². The van der Waals surface area contributed by atoms with Crippen molar-refractivity contribution >= 4 is 5.91 Å². The smallest absolute Gasteiger partial charge is 0.227 e. The first-order valence-corrected chi connectivity index (χ1v) is 10.2. The third-order valence-electron chi connectivity index (χ3n) is 6.48. The number of fused-ring (bicyclic) bond motifs is 1. The molecule has 1 aliphatic heterocycles. The van der Waals surface area contributed by atoms with Crippen LogP contribution in [0.2, 0.25) is 0 Å². The number of nitrogens with one attached hydrogen (secondary N) is 2. The number of hydrogen-bond donors (Lipinski definition) is 2. The minimum Gasteiger partial charge on any atom is -0.486 e. The second-order valence-electron chi connectivity index (χ2n) is 8.32. The van der Waals surface area contributed by atoms with E-state index in [0.29, 0.717) is 6.42 Å². The summed E-state index contributed by atoms with van der Waals surface area (Å²) >= 11 is 0. The first kappa shape index (κ1) is 19.0. The second kappa shape index (κ2) is 7.59. The fourth-order valence-electron chi connectivity index (χ4n) is 4.55. The average molecular weight is 383 g/mol. The van der Waals surface area contributed by atoms with Gasteiger partial charge in [-0.1, -0.05) is 18.2 Å². The molecule has 0 unspecified atom stereocenters. The van der Waals surface area contributed by atoms with E-state index in [1.165, 1.54) is 5.56 Å². The van der Waals surface area contributed by atoms with Gasteiger partial charge >= 0.3 is 0 Å². The molecule has 150 valence electrons. The van der Waals surface area contributed by atoms with E-state index in [9.17, 15) is 4.79 Å². The van der Waals surface area contributed by atoms with Gasteiger partial charge in [0.25, 0.3) is 0 Å². The number of benzene rings is 1. The molecular weight excluding hydrogens is 352 g/mol. The largest absolute Gasteiger partial charge is 0.486 e. The lowest BCUT2D eigenvalue weighted by atomic mass is 9.81. The monoisotopic (exact) mass is 382 g/mol. The number of aromatic nitrogens is 2. The number of likely N-dealkylation sites (N-methyl/N-ethyl adjacent to an activating group) is 1. The zero-order chi connectivity index (χ0) is 19.7. The van der Waals surface area contributed by atoms with Crippen LogP contribution in [0.15, 0.2) is 24.3 Å². The fraction of sp³-hybridized carbons (Fsp3) is 0.545. The Hall–Kier alpha value is -2.34. The number of amides is 1. The molecule has 4 rings (SSSR count). The Kier molecular flexibility index (Phi) is 5.15. The molecule has 1 spiro atoms. The number of nitrogens with zero attached hydrogens (tertiary/aromatic N) is 2. The van der Waals surface area contributed by atoms with Gasteiger partial charge in [0.1, 0.15) is 11.4 Å². The number of aromatic amines is 1. The zero-order valence-electron chi connectivity index (χ0n) is 17.0. The molecule has 0 radical (unpaired) electrons. The summed E-state index contributed by atoms with van der Waals surface area (Å²) in [5.74, 6) is 1.17. The summed E-state index contributed by atoms with van der Waals surface area (Å²) in [6, 6.07) is 8.56. The second-order valence-corrected chi connectivity index (χ2v) is 8.32. The Morgan fingerprint density at radius 1 is 1.29 bits per heavy atom. The van der Waals surface area contributed by atoms with Crippen molar-refractivity contribution in [2.75, 3.05) is 13.6 Å². The summed E-state index contributed by atoms with van der Waals surface area (Å²) in [5.41, 5.74) is 3.98. The van der Waals surface area contributed by atoms with E-state index in [1.54, 1.807) is 0 Å². The molecule has 1 aliphatic carbocycles. The van der Waals surface area contributed by atoms with Crippen LogP contribution in [0.1, 0.15) is 48.2 Å². The van der Waals surface area contributed by atoms with Crippen LogP contribution >= 0.6 is 0 Å². The van der Waals surface area contributed by atoms with Crippen LogP contribution in [0, 0.1) is 13.8 Å². The summed E-state index contributed by atoms with van der Waals surface area (Å²) in [4.78, 5) is 14.8. The third-order valence-corrected chi connectivity index (χ3v) is 6.48. The van der Waals surface area contributed by atoms with Crippen molar-refractivity contribution in [1.82, 2.24) is 20.4 Å². The van der Waals surface area contributed by atoms with Crippen molar-refractivity contribution in [3.05, 3.63) is 46.8 Å². The quantitative estimate of drug-likeness (QED) is 0.856. The molecule has 0 bridgehead atoms. The van der Waals surface area contributed by atoms with E-state index < -0.39 is 0 Å². The Labute approximate surface area is 166 Å². The number of rotatable bonds is 3. The van der Waals surface area contributed by atoms with Crippen LogP contribution < -0.4 is 10.1 Å². The molecular formula is C22H30N4O2. The average Bonchev–Trinajstić information content (AvgIpc) is 2.91. The van der Waals surface area contributed by atoms with Crippen LogP contribution in [0.3, 0.4) is 0 Å². The van der Waals surface area contributed by atoms with Crippen LogP contribution in [-0.2, 0) is 17.8 Å². The van der Waals surface area contributed by atoms with Crippen molar-refractivity contribution in [3.8, 4) is 5.75 Å². The molecule has 1 aromatic carbocycles. The molecule has 6 heteroatoms. The number of para-hydroxylation sites is 1. The maximum absolute atomic E-state index is 12.8. The molecule has 6 nitrogen and oxygen atoms in total. The van der Waals surface area contributed by atoms with Gasteiger partial charge in [-0.2, -0.15) is 5.10 Å². The molecule has 28 heavy (non-hydrogen) atoms. The van der Waals surface area contributed by atoms with Gasteiger partial charge in [0.15, 0.2) is 0 Å². The highest BCUT2D eigenvalue weighted by Gasteiger charge is 2.40. The fourth-order valence-corrected chi connectivity index (χ4v) is 4.55. The Morgan fingerprint density at radius 2 is 2.04 bits per heavy atom. The zero-order valence-corrected chi connectivity index (χ0v) is 17.0. The van der Waals surface area contributed by atoms with Crippen molar-refractivity contribution < 1.29 is 9.53 Å². The van der Waals surface area contributed by atoms with Gasteiger partial charge < -0.3 is 15.0 Å². The van der Waals surface area contributed by atoms with Crippen LogP contribution in [0.4, 0.5) is 0 Å². The lowest BCUT2D eigenvalue weighted by molar-refractivity contribution is -0.132. The van der Waals surface area contributed by atoms with Crippen LogP contribution in [0.25, 0.3) is 0 Å². The number of H-pyrrole nitrogens is 1. The predicted octanol–water partition coefficient (Wildman–Crippen LogP) is 2.89. The number of ether oxygens (including phenoxy) is 1. The first-order valence-electron chi connectivity index (χ1n) is 10.2. The Morgan fingerprint density at radius 3 is 2.75 bits per heavy atom. The number of carbonyl (C=O) groups excluding carboxylic acids is 1. The van der Waals surface area contributed by atoms with E-state index in [2.05, 4.69) is 33.7 Å². The highest BCUT2D eigenvalue weighted by atomic mass is 16.5. The molecule has 1 amide bonds. The molecule has 0 saturated heterocycles. The van der Waals surface area contributed by atoms with Gasteiger partial charge in [0.05, 0.1) is 12.1 Å². The maximum Gasteiger partial charge on any atom is 0.227 e. The van der Waals surface area contributed by atoms with Gasteiger partial charge in [-0.15, -0.1) is 0 Å². The summed E-state index contributed by atoms with van der Waals surface area (Å²) in [6.07, 6.45) is 4.27. The number of aryl methyl sites for hydroxylation is 2.